The summed E-state index contributed by atoms with van der Waals surface area (Å²) in [5.74, 6) is -0.648. The Labute approximate surface area is 88.4 Å². The molecule has 0 aromatic heterocycles. The SMILES string of the molecule is C[C@@H](Cl)C(=O)N1CCC[C@H](C(N)=O)C1. The Morgan fingerprint density at radius 3 is 2.71 bits per heavy atom. The lowest BCUT2D eigenvalue weighted by molar-refractivity contribution is -0.134. The molecule has 1 aliphatic heterocycles. The third kappa shape index (κ3) is 2.61. The first kappa shape index (κ1) is 11.3. The molecular weight excluding hydrogens is 204 g/mol. The highest BCUT2D eigenvalue weighted by Gasteiger charge is 2.28. The molecule has 5 heteroatoms. The van der Waals surface area contributed by atoms with Gasteiger partial charge in [0.2, 0.25) is 11.8 Å². The van der Waals surface area contributed by atoms with Gasteiger partial charge in [0.25, 0.3) is 0 Å². The number of primary amides is 1. The fourth-order valence-electron chi connectivity index (χ4n) is 1.66. The standard InChI is InChI=1S/C9H15ClN2O2/c1-6(10)9(14)12-4-2-3-7(5-12)8(11)13/h6-7H,2-5H2,1H3,(H2,11,13)/t6-,7+/m1/s1. The minimum Gasteiger partial charge on any atom is -0.369 e. The van der Waals surface area contributed by atoms with Crippen LogP contribution in [0.2, 0.25) is 0 Å². The van der Waals surface area contributed by atoms with Gasteiger partial charge in [-0.15, -0.1) is 11.6 Å². The second kappa shape index (κ2) is 4.64. The molecule has 0 unspecified atom stereocenters. The molecule has 0 radical (unpaired) electrons. The first-order chi connectivity index (χ1) is 6.52. The van der Waals surface area contributed by atoms with Crippen molar-refractivity contribution in [3.05, 3.63) is 0 Å². The van der Waals surface area contributed by atoms with Crippen LogP contribution < -0.4 is 5.73 Å². The lowest BCUT2D eigenvalue weighted by Gasteiger charge is -2.31. The maximum Gasteiger partial charge on any atom is 0.240 e. The van der Waals surface area contributed by atoms with Crippen molar-refractivity contribution in [1.82, 2.24) is 4.90 Å². The molecule has 1 aliphatic rings. The Morgan fingerprint density at radius 2 is 2.21 bits per heavy atom. The third-order valence-corrected chi connectivity index (χ3v) is 2.66. The average molecular weight is 219 g/mol. The summed E-state index contributed by atoms with van der Waals surface area (Å²) in [5, 5.41) is -0.526. The topological polar surface area (TPSA) is 63.4 Å². The lowest BCUT2D eigenvalue weighted by Crippen LogP contribution is -2.46. The summed E-state index contributed by atoms with van der Waals surface area (Å²) in [7, 11) is 0. The molecule has 2 N–H and O–H groups in total. The van der Waals surface area contributed by atoms with E-state index < -0.39 is 5.38 Å². The molecule has 2 atom stereocenters. The number of hydrogen-bond donors (Lipinski definition) is 1. The van der Waals surface area contributed by atoms with Crippen molar-refractivity contribution in [3.8, 4) is 0 Å². The summed E-state index contributed by atoms with van der Waals surface area (Å²) >= 11 is 5.68. The van der Waals surface area contributed by atoms with Crippen molar-refractivity contribution < 1.29 is 9.59 Å². The number of carbonyl (C=O) groups excluding carboxylic acids is 2. The number of piperidine rings is 1. The smallest absolute Gasteiger partial charge is 0.240 e. The molecule has 0 aromatic carbocycles. The zero-order chi connectivity index (χ0) is 10.7. The number of alkyl halides is 1. The molecule has 0 aliphatic carbocycles. The molecule has 1 rings (SSSR count). The zero-order valence-corrected chi connectivity index (χ0v) is 8.96. The number of nitrogens with zero attached hydrogens (tertiary/aromatic N) is 1. The second-order valence-corrected chi connectivity index (χ2v) is 4.30. The average Bonchev–Trinajstić information content (AvgIpc) is 2.16. The molecule has 80 valence electrons. The first-order valence-electron chi connectivity index (χ1n) is 4.74. The van der Waals surface area contributed by atoms with E-state index in [1.807, 2.05) is 0 Å². The molecule has 1 saturated heterocycles. The minimum absolute atomic E-state index is 0.113. The van der Waals surface area contributed by atoms with Gasteiger partial charge in [0.05, 0.1) is 5.92 Å². The number of carbonyl (C=O) groups is 2. The van der Waals surface area contributed by atoms with Gasteiger partial charge >= 0.3 is 0 Å². The van der Waals surface area contributed by atoms with Crippen molar-refractivity contribution in [3.63, 3.8) is 0 Å². The molecule has 0 bridgehead atoms. The third-order valence-electron chi connectivity index (χ3n) is 2.48. The van der Waals surface area contributed by atoms with E-state index in [2.05, 4.69) is 0 Å². The number of hydrogen-bond acceptors (Lipinski definition) is 2. The number of halogens is 1. The number of amides is 2. The van der Waals surface area contributed by atoms with Crippen LogP contribution >= 0.6 is 11.6 Å². The molecular formula is C9H15ClN2O2. The molecule has 0 spiro atoms. The van der Waals surface area contributed by atoms with E-state index in [1.165, 1.54) is 0 Å². The molecule has 0 aromatic rings. The monoisotopic (exact) mass is 218 g/mol. The maximum absolute atomic E-state index is 11.5. The normalized spacial score (nSPS) is 24.4. The van der Waals surface area contributed by atoms with E-state index in [0.717, 1.165) is 12.8 Å². The predicted octanol–water partition coefficient (Wildman–Crippen LogP) is 0.338. The van der Waals surface area contributed by atoms with Gasteiger partial charge in [0.15, 0.2) is 0 Å². The van der Waals surface area contributed by atoms with Gasteiger partial charge in [-0.1, -0.05) is 0 Å². The van der Waals surface area contributed by atoms with E-state index >= 15 is 0 Å². The van der Waals surface area contributed by atoms with Gasteiger partial charge in [-0.25, -0.2) is 0 Å². The van der Waals surface area contributed by atoms with Gasteiger partial charge in [-0.2, -0.15) is 0 Å². The predicted molar refractivity (Wildman–Crippen MR) is 53.8 cm³/mol. The summed E-state index contributed by atoms with van der Waals surface area (Å²) in [6.45, 7) is 2.74. The Bertz CT molecular complexity index is 243. The largest absolute Gasteiger partial charge is 0.369 e. The van der Waals surface area contributed by atoms with E-state index in [4.69, 9.17) is 17.3 Å². The van der Waals surface area contributed by atoms with Crippen LogP contribution in [0, 0.1) is 5.92 Å². The van der Waals surface area contributed by atoms with Crippen LogP contribution in [-0.4, -0.2) is 35.2 Å². The Balaban J connectivity index is 2.56. The summed E-state index contributed by atoms with van der Waals surface area (Å²) < 4.78 is 0. The quantitative estimate of drug-likeness (QED) is 0.680. The Kier molecular flexibility index (Phi) is 3.75. The van der Waals surface area contributed by atoms with Crippen LogP contribution in [-0.2, 0) is 9.59 Å². The van der Waals surface area contributed by atoms with Gasteiger partial charge in [-0.3, -0.25) is 9.59 Å². The molecule has 1 heterocycles. The van der Waals surface area contributed by atoms with Gasteiger partial charge in [0.1, 0.15) is 5.38 Å². The van der Waals surface area contributed by atoms with Crippen LogP contribution in [0.5, 0.6) is 0 Å². The fraction of sp³-hybridized carbons (Fsp3) is 0.778. The summed E-state index contributed by atoms with van der Waals surface area (Å²) in [5.41, 5.74) is 5.20. The van der Waals surface area contributed by atoms with E-state index in [1.54, 1.807) is 11.8 Å². The van der Waals surface area contributed by atoms with E-state index in [-0.39, 0.29) is 17.7 Å². The van der Waals surface area contributed by atoms with Gasteiger partial charge < -0.3 is 10.6 Å². The fourth-order valence-corrected chi connectivity index (χ4v) is 1.80. The maximum atomic E-state index is 11.5. The van der Waals surface area contributed by atoms with Crippen molar-refractivity contribution in [2.45, 2.75) is 25.1 Å². The minimum atomic E-state index is -0.526. The summed E-state index contributed by atoms with van der Waals surface area (Å²) in [6.07, 6.45) is 1.60. The number of likely N-dealkylation sites (tertiary alicyclic amines) is 1. The van der Waals surface area contributed by atoms with Crippen molar-refractivity contribution in [1.29, 1.82) is 0 Å². The van der Waals surface area contributed by atoms with Crippen LogP contribution in [0.1, 0.15) is 19.8 Å². The summed E-state index contributed by atoms with van der Waals surface area (Å²) in [6, 6.07) is 0. The van der Waals surface area contributed by atoms with E-state index in [9.17, 15) is 9.59 Å². The molecule has 0 saturated carbocycles. The van der Waals surface area contributed by atoms with Gasteiger partial charge in [0, 0.05) is 13.1 Å². The molecule has 14 heavy (non-hydrogen) atoms. The van der Waals surface area contributed by atoms with Crippen LogP contribution in [0.15, 0.2) is 0 Å². The Hall–Kier alpha value is -0.770. The first-order valence-corrected chi connectivity index (χ1v) is 5.18. The zero-order valence-electron chi connectivity index (χ0n) is 8.20. The van der Waals surface area contributed by atoms with Gasteiger partial charge in [-0.05, 0) is 19.8 Å². The lowest BCUT2D eigenvalue weighted by atomic mass is 9.97. The van der Waals surface area contributed by atoms with Crippen LogP contribution in [0.25, 0.3) is 0 Å². The highest BCUT2D eigenvalue weighted by atomic mass is 35.5. The molecule has 2 amide bonds. The van der Waals surface area contributed by atoms with Crippen LogP contribution in [0.4, 0.5) is 0 Å². The van der Waals surface area contributed by atoms with Crippen molar-refractivity contribution in [2.24, 2.45) is 11.7 Å². The number of nitrogens with two attached hydrogens (primary N) is 1. The number of rotatable bonds is 2. The summed E-state index contributed by atoms with van der Waals surface area (Å²) in [4.78, 5) is 24.1. The van der Waals surface area contributed by atoms with Crippen molar-refractivity contribution >= 4 is 23.4 Å². The molecule has 4 nitrogen and oxygen atoms in total. The molecule has 1 fully saturated rings. The van der Waals surface area contributed by atoms with Crippen molar-refractivity contribution in [2.75, 3.05) is 13.1 Å². The van der Waals surface area contributed by atoms with Crippen LogP contribution in [0.3, 0.4) is 0 Å². The highest BCUT2D eigenvalue weighted by molar-refractivity contribution is 6.30. The highest BCUT2D eigenvalue weighted by Crippen LogP contribution is 2.17. The Morgan fingerprint density at radius 1 is 1.57 bits per heavy atom. The van der Waals surface area contributed by atoms with E-state index in [0.29, 0.717) is 13.1 Å². The second-order valence-electron chi connectivity index (χ2n) is 3.64.